The number of thiophene rings is 1. The van der Waals surface area contributed by atoms with Crippen molar-refractivity contribution in [1.29, 1.82) is 0 Å². The molecule has 0 spiro atoms. The Labute approximate surface area is 161 Å². The van der Waals surface area contributed by atoms with Crippen LogP contribution in [0.3, 0.4) is 0 Å². The van der Waals surface area contributed by atoms with E-state index >= 15 is 0 Å². The van der Waals surface area contributed by atoms with Crippen LogP contribution >= 0.6 is 39.0 Å². The normalized spacial score (nSPS) is 10.6. The van der Waals surface area contributed by atoms with E-state index in [1.165, 1.54) is 0 Å². The lowest BCUT2D eigenvalue weighted by atomic mass is 10.2. The highest BCUT2D eigenvalue weighted by Gasteiger charge is 2.09. The molecule has 0 saturated carbocycles. The van der Waals surface area contributed by atoms with Crippen LogP contribution in [0, 0.1) is 0 Å². The van der Waals surface area contributed by atoms with Gasteiger partial charge in [0.2, 0.25) is 11.1 Å². The van der Waals surface area contributed by atoms with E-state index in [-0.39, 0.29) is 11.7 Å². The first kappa shape index (κ1) is 18.1. The number of benzene rings is 1. The molecule has 2 aromatic heterocycles. The maximum atomic E-state index is 12.0. The van der Waals surface area contributed by atoms with Crippen LogP contribution in [0.1, 0.15) is 10.4 Å². The summed E-state index contributed by atoms with van der Waals surface area (Å²) in [6.07, 6.45) is 1.70. The number of nitrogens with zero attached hydrogens (tertiary/aromatic N) is 2. The van der Waals surface area contributed by atoms with Crippen LogP contribution in [-0.4, -0.2) is 32.5 Å². The summed E-state index contributed by atoms with van der Waals surface area (Å²) in [5, 5.41) is 11.9. The van der Waals surface area contributed by atoms with Gasteiger partial charge in [0.25, 0.3) is 0 Å². The fraction of sp³-hybridized carbons (Fsp3) is 0.118. The summed E-state index contributed by atoms with van der Waals surface area (Å²) in [7, 11) is 0. The summed E-state index contributed by atoms with van der Waals surface area (Å²) in [6.45, 7) is -0.0200. The Morgan fingerprint density at radius 2 is 2.16 bits per heavy atom. The lowest BCUT2D eigenvalue weighted by molar-refractivity contribution is 0.108. The van der Waals surface area contributed by atoms with E-state index in [2.05, 4.69) is 31.2 Å². The highest BCUT2D eigenvalue weighted by Crippen LogP contribution is 2.30. The maximum Gasteiger partial charge on any atom is 0.227 e. The Morgan fingerprint density at radius 3 is 2.92 bits per heavy atom. The van der Waals surface area contributed by atoms with Gasteiger partial charge in [0.15, 0.2) is 0 Å². The third-order valence-corrected chi connectivity index (χ3v) is 5.69. The third-order valence-electron chi connectivity index (χ3n) is 3.16. The molecule has 0 radical (unpaired) electrons. The van der Waals surface area contributed by atoms with Crippen molar-refractivity contribution < 1.29 is 9.90 Å². The third kappa shape index (κ3) is 4.88. The van der Waals surface area contributed by atoms with Gasteiger partial charge in [-0.2, -0.15) is 0 Å². The molecule has 0 aliphatic carbocycles. The first-order valence-electron chi connectivity index (χ1n) is 7.39. The van der Waals surface area contributed by atoms with E-state index in [1.807, 2.05) is 24.3 Å². The van der Waals surface area contributed by atoms with Crippen molar-refractivity contribution in [1.82, 2.24) is 9.97 Å². The first-order chi connectivity index (χ1) is 12.2. The Balaban J connectivity index is 1.77. The van der Waals surface area contributed by atoms with Crippen molar-refractivity contribution in [2.45, 2.75) is 0 Å². The summed E-state index contributed by atoms with van der Waals surface area (Å²) in [5.74, 6) is 0.854. The molecule has 0 aliphatic heterocycles. The number of halogens is 1. The molecule has 8 heteroatoms. The molecule has 0 unspecified atom stereocenters. The van der Waals surface area contributed by atoms with Crippen molar-refractivity contribution in [3.63, 3.8) is 0 Å². The second-order valence-electron chi connectivity index (χ2n) is 4.93. The van der Waals surface area contributed by atoms with Gasteiger partial charge in [-0.25, -0.2) is 9.97 Å². The Bertz CT molecular complexity index is 886. The number of carbonyl (C=O) groups excluding carboxylic acids is 1. The predicted octanol–water partition coefficient (Wildman–Crippen LogP) is 4.58. The summed E-state index contributed by atoms with van der Waals surface area (Å²) >= 11 is 6.15. The number of rotatable bonds is 6. The molecule has 3 aromatic rings. The van der Waals surface area contributed by atoms with Gasteiger partial charge in [-0.15, -0.1) is 11.3 Å². The molecule has 0 fully saturated rings. The number of thioether (sulfide) groups is 1. The standard InChI is InChI=1S/C17H14BrN3O2S2/c18-15-5-4-14(25-15)13-6-7-19-17(21-13)20-12-3-1-2-11(10-12)16(23)24-9-8-22/h1-7,10,22H,8-9H2,(H,19,20,21). The molecular formula is C17H14BrN3O2S2. The molecule has 2 N–H and O–H groups in total. The first-order valence-corrected chi connectivity index (χ1v) is 9.99. The molecule has 5 nitrogen and oxygen atoms in total. The van der Waals surface area contributed by atoms with E-state index in [0.29, 0.717) is 17.3 Å². The van der Waals surface area contributed by atoms with Crippen LogP contribution in [0.4, 0.5) is 11.6 Å². The van der Waals surface area contributed by atoms with Crippen LogP contribution in [0.25, 0.3) is 10.6 Å². The average Bonchev–Trinajstić information content (AvgIpc) is 3.06. The highest BCUT2D eigenvalue weighted by atomic mass is 79.9. The molecule has 0 saturated heterocycles. The zero-order valence-electron chi connectivity index (χ0n) is 13.0. The number of nitrogens with one attached hydrogen (secondary N) is 1. The lowest BCUT2D eigenvalue weighted by Gasteiger charge is -2.07. The lowest BCUT2D eigenvalue weighted by Crippen LogP contribution is -2.00. The Morgan fingerprint density at radius 1 is 1.28 bits per heavy atom. The van der Waals surface area contributed by atoms with Crippen molar-refractivity contribution in [2.75, 3.05) is 17.7 Å². The molecular weight excluding hydrogens is 422 g/mol. The number of anilines is 2. The minimum Gasteiger partial charge on any atom is -0.396 e. The smallest absolute Gasteiger partial charge is 0.227 e. The maximum absolute atomic E-state index is 12.0. The van der Waals surface area contributed by atoms with E-state index in [4.69, 9.17) is 5.11 Å². The molecule has 0 amide bonds. The van der Waals surface area contributed by atoms with Gasteiger partial charge in [-0.3, -0.25) is 4.79 Å². The predicted molar refractivity (Wildman–Crippen MR) is 107 cm³/mol. The van der Waals surface area contributed by atoms with Crippen LogP contribution in [0.5, 0.6) is 0 Å². The largest absolute Gasteiger partial charge is 0.396 e. The molecule has 3 rings (SSSR count). The second-order valence-corrected chi connectivity index (χ2v) is 8.47. The highest BCUT2D eigenvalue weighted by molar-refractivity contribution is 9.11. The molecule has 0 bridgehead atoms. The second kappa shape index (κ2) is 8.57. The van der Waals surface area contributed by atoms with Gasteiger partial charge in [0.05, 0.1) is 21.0 Å². The van der Waals surface area contributed by atoms with E-state index < -0.39 is 0 Å². The summed E-state index contributed by atoms with van der Waals surface area (Å²) in [6, 6.07) is 13.0. The zero-order valence-corrected chi connectivity index (χ0v) is 16.2. The van der Waals surface area contributed by atoms with Crippen molar-refractivity contribution in [3.05, 3.63) is 58.0 Å². The molecule has 0 atom stereocenters. The average molecular weight is 436 g/mol. The summed E-state index contributed by atoms with van der Waals surface area (Å²) in [5.41, 5.74) is 2.14. The van der Waals surface area contributed by atoms with Gasteiger partial charge in [-0.05, 0) is 46.3 Å². The fourth-order valence-electron chi connectivity index (χ4n) is 2.08. The van der Waals surface area contributed by atoms with Crippen LogP contribution in [0.15, 0.2) is 52.4 Å². The monoisotopic (exact) mass is 435 g/mol. The number of hydrogen-bond donors (Lipinski definition) is 2. The molecule has 0 aliphatic rings. The molecule has 25 heavy (non-hydrogen) atoms. The quantitative estimate of drug-likeness (QED) is 0.590. The summed E-state index contributed by atoms with van der Waals surface area (Å²) in [4.78, 5) is 21.8. The van der Waals surface area contributed by atoms with Gasteiger partial charge < -0.3 is 10.4 Å². The SMILES string of the molecule is O=C(SCCO)c1cccc(Nc2nccc(-c3ccc(Br)s3)n2)c1. The number of aromatic nitrogens is 2. The Kier molecular flexibility index (Phi) is 6.19. The number of hydrogen-bond acceptors (Lipinski definition) is 7. The van der Waals surface area contributed by atoms with Crippen molar-refractivity contribution in [2.24, 2.45) is 0 Å². The van der Waals surface area contributed by atoms with Gasteiger partial charge in [-0.1, -0.05) is 23.9 Å². The number of aliphatic hydroxyl groups is 1. The molecule has 2 heterocycles. The minimum absolute atomic E-state index is 0.0200. The fourth-order valence-corrected chi connectivity index (χ4v) is 4.01. The summed E-state index contributed by atoms with van der Waals surface area (Å²) < 4.78 is 1.04. The van der Waals surface area contributed by atoms with E-state index in [9.17, 15) is 4.79 Å². The van der Waals surface area contributed by atoms with E-state index in [1.54, 1.807) is 35.7 Å². The minimum atomic E-state index is -0.0733. The van der Waals surface area contributed by atoms with Crippen LogP contribution in [0.2, 0.25) is 0 Å². The van der Waals surface area contributed by atoms with Gasteiger partial charge in [0.1, 0.15) is 0 Å². The van der Waals surface area contributed by atoms with Gasteiger partial charge in [0, 0.05) is 23.2 Å². The van der Waals surface area contributed by atoms with Crippen molar-refractivity contribution in [3.8, 4) is 10.6 Å². The Hall–Kier alpha value is -1.74. The number of carbonyl (C=O) groups is 1. The van der Waals surface area contributed by atoms with Crippen LogP contribution in [-0.2, 0) is 0 Å². The van der Waals surface area contributed by atoms with Crippen LogP contribution < -0.4 is 5.32 Å². The van der Waals surface area contributed by atoms with E-state index in [0.717, 1.165) is 31.8 Å². The molecule has 1 aromatic carbocycles. The topological polar surface area (TPSA) is 75.1 Å². The molecule has 128 valence electrons. The number of aliphatic hydroxyl groups excluding tert-OH is 1. The van der Waals surface area contributed by atoms with Crippen molar-refractivity contribution >= 4 is 55.8 Å². The van der Waals surface area contributed by atoms with Gasteiger partial charge >= 0.3 is 0 Å². The zero-order chi connectivity index (χ0) is 17.6.